The minimum atomic E-state index is 0.603. The number of pyridine rings is 2. The highest BCUT2D eigenvalue weighted by Crippen LogP contribution is 2.27. The fourth-order valence-corrected chi connectivity index (χ4v) is 3.71. The number of fused-ring (bicyclic) bond motifs is 1. The molecule has 5 aromatic rings. The van der Waals surface area contributed by atoms with Gasteiger partial charge in [0, 0.05) is 35.6 Å². The molecule has 0 aliphatic carbocycles. The average molecular weight is 428 g/mol. The normalized spacial score (nSPS) is 10.7. The molecule has 1 N–H and O–H groups in total. The van der Waals surface area contributed by atoms with Gasteiger partial charge in [-0.15, -0.1) is 0 Å². The third kappa shape index (κ3) is 4.39. The van der Waals surface area contributed by atoms with E-state index < -0.39 is 0 Å². The summed E-state index contributed by atoms with van der Waals surface area (Å²) in [6, 6.07) is 23.9. The molecule has 3 heterocycles. The number of hydrogen-bond donors (Lipinski definition) is 1. The minimum Gasteiger partial charge on any atom is -0.365 e. The molecule has 2 aromatic carbocycles. The highest BCUT2D eigenvalue weighted by atomic mass is 15.0. The largest absolute Gasteiger partial charge is 0.365 e. The van der Waals surface area contributed by atoms with Gasteiger partial charge in [-0.05, 0) is 66.1 Å². The van der Waals surface area contributed by atoms with Crippen LogP contribution < -0.4 is 5.32 Å². The summed E-state index contributed by atoms with van der Waals surface area (Å²) in [5, 5.41) is 13.4. The smallest absolute Gasteiger partial charge is 0.137 e. The van der Waals surface area contributed by atoms with E-state index in [4.69, 9.17) is 5.26 Å². The molecule has 0 unspecified atom stereocenters. The molecule has 0 atom stereocenters. The summed E-state index contributed by atoms with van der Waals surface area (Å²) in [6.45, 7) is 2.58. The number of aromatic nitrogens is 4. The number of nitriles is 1. The number of nitrogens with one attached hydrogen (secondary N) is 1. The van der Waals surface area contributed by atoms with Crippen LogP contribution in [0.2, 0.25) is 0 Å². The van der Waals surface area contributed by atoms with Crippen molar-refractivity contribution in [3.8, 4) is 28.5 Å². The second-order valence-corrected chi connectivity index (χ2v) is 7.73. The Kier molecular flexibility index (Phi) is 5.44. The summed E-state index contributed by atoms with van der Waals surface area (Å²) in [4.78, 5) is 17.7. The number of hydrogen-bond acceptors (Lipinski definition) is 6. The molecule has 6 nitrogen and oxygen atoms in total. The third-order valence-corrected chi connectivity index (χ3v) is 5.46. The molecule has 5 rings (SSSR count). The van der Waals surface area contributed by atoms with Crippen molar-refractivity contribution in [2.75, 3.05) is 5.32 Å². The van der Waals surface area contributed by atoms with Crippen molar-refractivity contribution < 1.29 is 0 Å². The van der Waals surface area contributed by atoms with Gasteiger partial charge in [-0.3, -0.25) is 9.97 Å². The van der Waals surface area contributed by atoms with E-state index in [2.05, 4.69) is 37.4 Å². The van der Waals surface area contributed by atoms with E-state index in [1.54, 1.807) is 12.5 Å². The van der Waals surface area contributed by atoms with Gasteiger partial charge in [-0.1, -0.05) is 24.3 Å². The predicted molar refractivity (Wildman–Crippen MR) is 129 cm³/mol. The Balaban J connectivity index is 1.34. The Morgan fingerprint density at radius 3 is 2.42 bits per heavy atom. The zero-order valence-electron chi connectivity index (χ0n) is 18.0. The summed E-state index contributed by atoms with van der Waals surface area (Å²) < 4.78 is 0. The summed E-state index contributed by atoms with van der Waals surface area (Å²) in [7, 11) is 0. The van der Waals surface area contributed by atoms with Gasteiger partial charge < -0.3 is 5.32 Å². The lowest BCUT2D eigenvalue weighted by Gasteiger charge is -2.10. The maximum atomic E-state index is 9.00. The van der Waals surface area contributed by atoms with Gasteiger partial charge in [0.25, 0.3) is 0 Å². The molecule has 0 aliphatic rings. The molecule has 6 heteroatoms. The average Bonchev–Trinajstić information content (AvgIpc) is 2.87. The first-order valence-electron chi connectivity index (χ1n) is 10.6. The lowest BCUT2D eigenvalue weighted by molar-refractivity contribution is 1.08. The van der Waals surface area contributed by atoms with Crippen LogP contribution in [0.5, 0.6) is 0 Å². The highest BCUT2D eigenvalue weighted by Gasteiger charge is 2.07. The zero-order chi connectivity index (χ0) is 22.6. The van der Waals surface area contributed by atoms with Crippen LogP contribution in [0.4, 0.5) is 5.82 Å². The van der Waals surface area contributed by atoms with Gasteiger partial charge in [0.1, 0.15) is 12.1 Å². The first kappa shape index (κ1) is 20.3. The Hall–Kier alpha value is -4.63. The minimum absolute atomic E-state index is 0.603. The van der Waals surface area contributed by atoms with Crippen molar-refractivity contribution in [1.29, 1.82) is 5.26 Å². The van der Waals surface area contributed by atoms with E-state index in [0.717, 1.165) is 50.4 Å². The lowest BCUT2D eigenvalue weighted by atomic mass is 10.0. The molecule has 3 aromatic heterocycles. The van der Waals surface area contributed by atoms with Crippen LogP contribution in [0.3, 0.4) is 0 Å². The molecule has 0 radical (unpaired) electrons. The quantitative estimate of drug-likeness (QED) is 0.395. The summed E-state index contributed by atoms with van der Waals surface area (Å²) in [5.74, 6) is 0.778. The Morgan fingerprint density at radius 2 is 1.67 bits per heavy atom. The standard InChI is InChI=1S/C27H20N6/c1-18-12-23(10-11-29-18)25-9-4-20(15-30-25)16-31-27-24-8-7-22(13-26(24)32-17-33-27)21-5-2-19(14-28)3-6-21/h2-13,15,17H,16H2,1H3,(H,31,32,33). The monoisotopic (exact) mass is 428 g/mol. The predicted octanol–water partition coefficient (Wildman–Crippen LogP) is 5.55. The van der Waals surface area contributed by atoms with E-state index in [0.29, 0.717) is 12.1 Å². The van der Waals surface area contributed by atoms with Crippen molar-refractivity contribution in [1.82, 2.24) is 19.9 Å². The second kappa shape index (κ2) is 8.85. The maximum Gasteiger partial charge on any atom is 0.137 e. The molecule has 0 saturated carbocycles. The molecule has 0 aliphatic heterocycles. The molecule has 0 saturated heterocycles. The van der Waals surface area contributed by atoms with Crippen LogP contribution in [-0.4, -0.2) is 19.9 Å². The molecule has 0 amide bonds. The van der Waals surface area contributed by atoms with Crippen LogP contribution >= 0.6 is 0 Å². The number of rotatable bonds is 5. The fraction of sp³-hybridized carbons (Fsp3) is 0.0741. The molecule has 33 heavy (non-hydrogen) atoms. The Labute approximate surface area is 191 Å². The molecule has 158 valence electrons. The highest BCUT2D eigenvalue weighted by molar-refractivity contribution is 5.92. The number of nitrogens with zero attached hydrogens (tertiary/aromatic N) is 5. The van der Waals surface area contributed by atoms with E-state index in [-0.39, 0.29) is 0 Å². The molecule has 0 spiro atoms. The number of benzene rings is 2. The SMILES string of the molecule is Cc1cc(-c2ccc(CNc3ncnc4cc(-c5ccc(C#N)cc5)ccc34)cn2)ccn1. The number of aryl methyl sites for hydroxylation is 1. The van der Waals surface area contributed by atoms with Crippen LogP contribution in [0.1, 0.15) is 16.8 Å². The van der Waals surface area contributed by atoms with Crippen LogP contribution in [0.25, 0.3) is 33.3 Å². The van der Waals surface area contributed by atoms with Crippen LogP contribution in [-0.2, 0) is 6.54 Å². The fourth-order valence-electron chi connectivity index (χ4n) is 3.71. The Morgan fingerprint density at radius 1 is 0.818 bits per heavy atom. The third-order valence-electron chi connectivity index (χ3n) is 5.46. The van der Waals surface area contributed by atoms with E-state index in [9.17, 15) is 0 Å². The topological polar surface area (TPSA) is 87.4 Å². The first-order chi connectivity index (χ1) is 16.2. The molecular weight excluding hydrogens is 408 g/mol. The van der Waals surface area contributed by atoms with Crippen molar-refractivity contribution in [2.45, 2.75) is 13.5 Å². The summed E-state index contributed by atoms with van der Waals surface area (Å²) in [6.07, 6.45) is 5.25. The molecule has 0 bridgehead atoms. The second-order valence-electron chi connectivity index (χ2n) is 7.73. The van der Waals surface area contributed by atoms with Crippen molar-refractivity contribution in [3.63, 3.8) is 0 Å². The summed E-state index contributed by atoms with van der Waals surface area (Å²) >= 11 is 0. The van der Waals surface area contributed by atoms with Crippen molar-refractivity contribution >= 4 is 16.7 Å². The van der Waals surface area contributed by atoms with E-state index in [1.165, 1.54) is 0 Å². The Bertz CT molecular complexity index is 1470. The van der Waals surface area contributed by atoms with Crippen LogP contribution in [0, 0.1) is 18.3 Å². The van der Waals surface area contributed by atoms with Gasteiger partial charge in [0.2, 0.25) is 0 Å². The van der Waals surface area contributed by atoms with Gasteiger partial charge >= 0.3 is 0 Å². The zero-order valence-corrected chi connectivity index (χ0v) is 18.0. The van der Waals surface area contributed by atoms with Gasteiger partial charge in [0.05, 0.1) is 22.8 Å². The first-order valence-corrected chi connectivity index (χ1v) is 10.6. The van der Waals surface area contributed by atoms with Crippen molar-refractivity contribution in [2.24, 2.45) is 0 Å². The van der Waals surface area contributed by atoms with Gasteiger partial charge in [-0.25, -0.2) is 9.97 Å². The van der Waals surface area contributed by atoms with E-state index >= 15 is 0 Å². The summed E-state index contributed by atoms with van der Waals surface area (Å²) in [5.41, 5.74) is 7.60. The van der Waals surface area contributed by atoms with Gasteiger partial charge in [-0.2, -0.15) is 5.26 Å². The number of anilines is 1. The van der Waals surface area contributed by atoms with Crippen molar-refractivity contribution in [3.05, 3.63) is 102 Å². The van der Waals surface area contributed by atoms with Gasteiger partial charge in [0.15, 0.2) is 0 Å². The van der Waals surface area contributed by atoms with Crippen LogP contribution in [0.15, 0.2) is 85.5 Å². The molecular formula is C27H20N6. The van der Waals surface area contributed by atoms with E-state index in [1.807, 2.05) is 73.8 Å². The molecule has 0 fully saturated rings. The maximum absolute atomic E-state index is 9.00. The lowest BCUT2D eigenvalue weighted by Crippen LogP contribution is -2.03.